The number of benzene rings is 1. The Balaban J connectivity index is 3.13. The third kappa shape index (κ3) is 2.08. The fourth-order valence-corrected chi connectivity index (χ4v) is 1.13. The molecule has 1 aromatic rings. The van der Waals surface area contributed by atoms with Gasteiger partial charge in [0.15, 0.2) is 0 Å². The molecule has 0 saturated heterocycles. The summed E-state index contributed by atoms with van der Waals surface area (Å²) in [5.41, 5.74) is 6.06. The first-order chi connectivity index (χ1) is 6.56. The number of nitrogens with two attached hydrogens (primary N) is 1. The molecule has 0 fully saturated rings. The normalized spacial score (nSPS) is 14.5. The first-order valence-corrected chi connectivity index (χ1v) is 4.19. The van der Waals surface area contributed by atoms with Crippen molar-refractivity contribution in [3.63, 3.8) is 0 Å². The van der Waals surface area contributed by atoms with Gasteiger partial charge < -0.3 is 10.8 Å². The van der Waals surface area contributed by atoms with Crippen molar-refractivity contribution in [3.05, 3.63) is 35.1 Å². The average molecular weight is 194 g/mol. The van der Waals surface area contributed by atoms with Crippen LogP contribution in [-0.4, -0.2) is 11.2 Å². The van der Waals surface area contributed by atoms with Crippen LogP contribution in [-0.2, 0) is 0 Å². The lowest BCUT2D eigenvalue weighted by atomic mass is 10.0. The SMILES string of the molecule is C[C@H](O)[C@H](N)c1cc(C#N)ccc1F. The number of halogens is 1. The van der Waals surface area contributed by atoms with Crippen molar-refractivity contribution in [1.29, 1.82) is 5.26 Å². The Morgan fingerprint density at radius 3 is 2.71 bits per heavy atom. The summed E-state index contributed by atoms with van der Waals surface area (Å²) >= 11 is 0. The van der Waals surface area contributed by atoms with Crippen LogP contribution in [0.25, 0.3) is 0 Å². The monoisotopic (exact) mass is 194 g/mol. The van der Waals surface area contributed by atoms with Gasteiger partial charge in [-0.3, -0.25) is 0 Å². The summed E-state index contributed by atoms with van der Waals surface area (Å²) in [6, 6.07) is 4.98. The lowest BCUT2D eigenvalue weighted by Gasteiger charge is -2.15. The molecule has 3 N–H and O–H groups in total. The Morgan fingerprint density at radius 1 is 1.57 bits per heavy atom. The predicted molar refractivity (Wildman–Crippen MR) is 49.7 cm³/mol. The molecule has 0 unspecified atom stereocenters. The van der Waals surface area contributed by atoms with Gasteiger partial charge >= 0.3 is 0 Å². The minimum absolute atomic E-state index is 0.166. The van der Waals surface area contributed by atoms with Crippen LogP contribution in [0.15, 0.2) is 18.2 Å². The molecule has 0 aliphatic heterocycles. The van der Waals surface area contributed by atoms with Crippen molar-refractivity contribution in [2.45, 2.75) is 19.1 Å². The van der Waals surface area contributed by atoms with E-state index in [1.54, 1.807) is 0 Å². The van der Waals surface area contributed by atoms with Crippen molar-refractivity contribution >= 4 is 0 Å². The van der Waals surface area contributed by atoms with Crippen molar-refractivity contribution in [2.24, 2.45) is 5.73 Å². The molecule has 1 aromatic carbocycles. The van der Waals surface area contributed by atoms with Gasteiger partial charge in [0, 0.05) is 5.56 Å². The van der Waals surface area contributed by atoms with Gasteiger partial charge in [0.05, 0.1) is 23.8 Å². The van der Waals surface area contributed by atoms with Crippen LogP contribution in [0.5, 0.6) is 0 Å². The van der Waals surface area contributed by atoms with E-state index in [9.17, 15) is 9.50 Å². The highest BCUT2D eigenvalue weighted by molar-refractivity contribution is 5.35. The highest BCUT2D eigenvalue weighted by atomic mass is 19.1. The minimum Gasteiger partial charge on any atom is -0.391 e. The summed E-state index contributed by atoms with van der Waals surface area (Å²) in [6.07, 6.45) is -0.849. The number of hydrogen-bond donors (Lipinski definition) is 2. The van der Waals surface area contributed by atoms with Crippen LogP contribution in [0.4, 0.5) is 4.39 Å². The molecule has 0 radical (unpaired) electrons. The van der Waals surface area contributed by atoms with Gasteiger partial charge in [-0.1, -0.05) is 0 Å². The minimum atomic E-state index is -0.849. The van der Waals surface area contributed by atoms with E-state index in [1.165, 1.54) is 25.1 Å². The molecule has 0 heterocycles. The van der Waals surface area contributed by atoms with E-state index in [1.807, 2.05) is 6.07 Å². The van der Waals surface area contributed by atoms with Gasteiger partial charge in [-0.05, 0) is 25.1 Å². The molecule has 0 bridgehead atoms. The van der Waals surface area contributed by atoms with Crippen LogP contribution in [0.2, 0.25) is 0 Å². The largest absolute Gasteiger partial charge is 0.391 e. The Labute approximate surface area is 81.6 Å². The molecule has 4 heteroatoms. The second-order valence-electron chi connectivity index (χ2n) is 3.11. The second kappa shape index (κ2) is 4.18. The Bertz CT molecular complexity index is 371. The molecule has 0 spiro atoms. The van der Waals surface area contributed by atoms with Crippen molar-refractivity contribution in [1.82, 2.24) is 0 Å². The number of rotatable bonds is 2. The summed E-state index contributed by atoms with van der Waals surface area (Å²) < 4.78 is 13.2. The summed E-state index contributed by atoms with van der Waals surface area (Å²) in [5, 5.41) is 17.8. The smallest absolute Gasteiger partial charge is 0.128 e. The number of aliphatic hydroxyl groups is 1. The van der Waals surface area contributed by atoms with Gasteiger partial charge in [-0.15, -0.1) is 0 Å². The number of hydrogen-bond acceptors (Lipinski definition) is 3. The fourth-order valence-electron chi connectivity index (χ4n) is 1.13. The molecule has 0 aliphatic carbocycles. The van der Waals surface area contributed by atoms with E-state index in [-0.39, 0.29) is 5.56 Å². The highest BCUT2D eigenvalue weighted by Crippen LogP contribution is 2.19. The van der Waals surface area contributed by atoms with E-state index >= 15 is 0 Å². The van der Waals surface area contributed by atoms with Gasteiger partial charge in [-0.2, -0.15) is 5.26 Å². The molecule has 0 amide bonds. The van der Waals surface area contributed by atoms with Gasteiger partial charge in [-0.25, -0.2) is 4.39 Å². The standard InChI is InChI=1S/C10H11FN2O/c1-6(14)10(13)8-4-7(5-12)2-3-9(8)11/h2-4,6,10,14H,13H2,1H3/t6-,10-/m0/s1. The maximum atomic E-state index is 13.2. The highest BCUT2D eigenvalue weighted by Gasteiger charge is 2.16. The zero-order valence-electron chi connectivity index (χ0n) is 7.74. The van der Waals surface area contributed by atoms with Crippen LogP contribution >= 0.6 is 0 Å². The molecule has 0 aliphatic rings. The molecular formula is C10H11FN2O. The average Bonchev–Trinajstić information content (AvgIpc) is 2.17. The number of aliphatic hydroxyl groups excluding tert-OH is 1. The molecule has 74 valence electrons. The second-order valence-corrected chi connectivity index (χ2v) is 3.11. The summed E-state index contributed by atoms with van der Waals surface area (Å²) in [4.78, 5) is 0. The number of nitrogens with zero attached hydrogens (tertiary/aromatic N) is 1. The van der Waals surface area contributed by atoms with Crippen LogP contribution in [0, 0.1) is 17.1 Å². The van der Waals surface area contributed by atoms with Gasteiger partial charge in [0.25, 0.3) is 0 Å². The molecule has 0 aromatic heterocycles. The Hall–Kier alpha value is -1.44. The molecule has 3 nitrogen and oxygen atoms in total. The first-order valence-electron chi connectivity index (χ1n) is 4.19. The maximum absolute atomic E-state index is 13.2. The third-order valence-corrected chi connectivity index (χ3v) is 2.00. The van der Waals surface area contributed by atoms with Gasteiger partial charge in [0.2, 0.25) is 0 Å². The van der Waals surface area contributed by atoms with Crippen LogP contribution < -0.4 is 5.73 Å². The fraction of sp³-hybridized carbons (Fsp3) is 0.300. The van der Waals surface area contributed by atoms with E-state index in [0.717, 1.165) is 0 Å². The Morgan fingerprint density at radius 2 is 2.21 bits per heavy atom. The lowest BCUT2D eigenvalue weighted by molar-refractivity contribution is 0.162. The third-order valence-electron chi connectivity index (χ3n) is 2.00. The predicted octanol–water partition coefficient (Wildman–Crippen LogP) is 1.08. The molecular weight excluding hydrogens is 183 g/mol. The molecule has 1 rings (SSSR count). The van der Waals surface area contributed by atoms with E-state index in [0.29, 0.717) is 5.56 Å². The number of nitriles is 1. The van der Waals surface area contributed by atoms with Crippen LogP contribution in [0.3, 0.4) is 0 Å². The van der Waals surface area contributed by atoms with Crippen LogP contribution in [0.1, 0.15) is 24.1 Å². The van der Waals surface area contributed by atoms with E-state index in [4.69, 9.17) is 11.0 Å². The molecule has 14 heavy (non-hydrogen) atoms. The lowest BCUT2D eigenvalue weighted by Crippen LogP contribution is -2.24. The first kappa shape index (κ1) is 10.6. The van der Waals surface area contributed by atoms with E-state index in [2.05, 4.69) is 0 Å². The zero-order chi connectivity index (χ0) is 10.7. The Kier molecular flexibility index (Phi) is 3.18. The quantitative estimate of drug-likeness (QED) is 0.740. The van der Waals surface area contributed by atoms with Crippen molar-refractivity contribution in [3.8, 4) is 6.07 Å². The summed E-state index contributed by atoms with van der Waals surface area (Å²) in [7, 11) is 0. The van der Waals surface area contributed by atoms with Crippen molar-refractivity contribution in [2.75, 3.05) is 0 Å². The molecule has 0 saturated carbocycles. The van der Waals surface area contributed by atoms with Crippen molar-refractivity contribution < 1.29 is 9.50 Å². The zero-order valence-corrected chi connectivity index (χ0v) is 7.74. The van der Waals surface area contributed by atoms with Gasteiger partial charge in [0.1, 0.15) is 5.82 Å². The van der Waals surface area contributed by atoms with E-state index < -0.39 is 18.0 Å². The maximum Gasteiger partial charge on any atom is 0.128 e. The summed E-state index contributed by atoms with van der Waals surface area (Å²) in [5.74, 6) is -0.502. The molecule has 2 atom stereocenters. The summed E-state index contributed by atoms with van der Waals surface area (Å²) in [6.45, 7) is 1.48. The topological polar surface area (TPSA) is 70.0 Å².